The maximum absolute atomic E-state index is 11.6. The summed E-state index contributed by atoms with van der Waals surface area (Å²) in [5, 5.41) is 14.8. The zero-order valence-corrected chi connectivity index (χ0v) is 12.0. The number of rotatable bonds is 5. The molecule has 4 nitrogen and oxygen atoms in total. The van der Waals surface area contributed by atoms with Gasteiger partial charge in [0.25, 0.3) is 5.91 Å². The summed E-state index contributed by atoms with van der Waals surface area (Å²) in [5.74, 6) is -0.0593. The van der Waals surface area contributed by atoms with Crippen molar-refractivity contribution in [3.8, 4) is 6.07 Å². The van der Waals surface area contributed by atoms with Crippen molar-refractivity contribution in [2.75, 3.05) is 11.9 Å². The molecule has 0 spiro atoms. The van der Waals surface area contributed by atoms with Gasteiger partial charge in [0, 0.05) is 29.2 Å². The van der Waals surface area contributed by atoms with Gasteiger partial charge in [-0.15, -0.1) is 11.3 Å². The van der Waals surface area contributed by atoms with Crippen LogP contribution >= 0.6 is 11.3 Å². The Hall–Kier alpha value is -2.32. The molecule has 0 bridgehead atoms. The first-order valence-electron chi connectivity index (χ1n) is 6.34. The molecule has 2 aromatic rings. The molecule has 0 atom stereocenters. The number of thiophene rings is 1. The second-order valence-electron chi connectivity index (χ2n) is 4.17. The van der Waals surface area contributed by atoms with Crippen molar-refractivity contribution in [2.24, 2.45) is 0 Å². The topological polar surface area (TPSA) is 64.9 Å². The van der Waals surface area contributed by atoms with Gasteiger partial charge >= 0.3 is 0 Å². The molecule has 0 saturated carbocycles. The smallest absolute Gasteiger partial charge is 0.251 e. The number of anilines is 1. The number of hydrogen-bond donors (Lipinski definition) is 2. The van der Waals surface area contributed by atoms with E-state index in [2.05, 4.69) is 16.7 Å². The highest BCUT2D eigenvalue weighted by atomic mass is 32.1. The van der Waals surface area contributed by atoms with Crippen LogP contribution in [0.2, 0.25) is 0 Å². The van der Waals surface area contributed by atoms with Gasteiger partial charge in [-0.25, -0.2) is 0 Å². The molecule has 0 aliphatic rings. The number of amides is 1. The predicted octanol–water partition coefficient (Wildman–Crippen LogP) is 2.98. The van der Waals surface area contributed by atoms with Crippen LogP contribution < -0.4 is 10.6 Å². The van der Waals surface area contributed by atoms with Crippen molar-refractivity contribution < 1.29 is 4.79 Å². The molecule has 2 rings (SSSR count). The molecule has 1 heterocycles. The first-order valence-corrected chi connectivity index (χ1v) is 7.15. The highest BCUT2D eigenvalue weighted by Crippen LogP contribution is 2.17. The molecule has 0 aliphatic carbocycles. The third kappa shape index (κ3) is 3.59. The fourth-order valence-corrected chi connectivity index (χ4v) is 2.47. The van der Waals surface area contributed by atoms with E-state index in [1.165, 1.54) is 11.3 Å². The lowest BCUT2D eigenvalue weighted by Crippen LogP contribution is -2.22. The molecule has 0 unspecified atom stereocenters. The molecule has 0 fully saturated rings. The molecule has 102 valence electrons. The van der Waals surface area contributed by atoms with E-state index < -0.39 is 0 Å². The molecular formula is C15H15N3OS. The molecule has 0 radical (unpaired) electrons. The molecule has 0 aliphatic heterocycles. The minimum atomic E-state index is -0.0593. The van der Waals surface area contributed by atoms with E-state index >= 15 is 0 Å². The minimum absolute atomic E-state index is 0.0593. The van der Waals surface area contributed by atoms with Gasteiger partial charge in [-0.2, -0.15) is 5.26 Å². The maximum atomic E-state index is 11.6. The Balaban J connectivity index is 1.94. The van der Waals surface area contributed by atoms with E-state index in [9.17, 15) is 4.79 Å². The summed E-state index contributed by atoms with van der Waals surface area (Å²) in [6, 6.07) is 13.2. The van der Waals surface area contributed by atoms with Gasteiger partial charge in [0.05, 0.1) is 0 Å². The van der Waals surface area contributed by atoms with Gasteiger partial charge in [-0.05, 0) is 43.3 Å². The Labute approximate surface area is 122 Å². The molecular weight excluding hydrogens is 270 g/mol. The monoisotopic (exact) mass is 285 g/mol. The van der Waals surface area contributed by atoms with Crippen LogP contribution in [0, 0.1) is 11.3 Å². The van der Waals surface area contributed by atoms with Gasteiger partial charge in [0.2, 0.25) is 0 Å². The normalized spacial score (nSPS) is 9.80. The van der Waals surface area contributed by atoms with Crippen molar-refractivity contribution >= 4 is 22.9 Å². The Kier molecular flexibility index (Phi) is 4.75. The summed E-state index contributed by atoms with van der Waals surface area (Å²) in [5.41, 5.74) is 1.60. The van der Waals surface area contributed by atoms with Crippen LogP contribution in [-0.2, 0) is 6.54 Å². The lowest BCUT2D eigenvalue weighted by atomic mass is 10.2. The average molecular weight is 285 g/mol. The molecule has 0 saturated heterocycles. The summed E-state index contributed by atoms with van der Waals surface area (Å²) in [4.78, 5) is 13.4. The number of carbonyl (C=O) groups excluding carboxylic acids is 1. The van der Waals surface area contributed by atoms with E-state index in [-0.39, 0.29) is 5.91 Å². The van der Waals surface area contributed by atoms with Crippen molar-refractivity contribution in [2.45, 2.75) is 13.5 Å². The molecule has 20 heavy (non-hydrogen) atoms. The minimum Gasteiger partial charge on any atom is -0.380 e. The van der Waals surface area contributed by atoms with Crippen LogP contribution in [0.5, 0.6) is 0 Å². The van der Waals surface area contributed by atoms with Crippen molar-refractivity contribution in [1.82, 2.24) is 5.32 Å². The zero-order valence-electron chi connectivity index (χ0n) is 11.1. The highest BCUT2D eigenvalue weighted by molar-refractivity contribution is 7.12. The van der Waals surface area contributed by atoms with E-state index in [0.29, 0.717) is 23.5 Å². The number of nitrogens with zero attached hydrogens (tertiary/aromatic N) is 1. The Bertz CT molecular complexity index is 625. The summed E-state index contributed by atoms with van der Waals surface area (Å²) < 4.78 is 0. The summed E-state index contributed by atoms with van der Waals surface area (Å²) in [6.07, 6.45) is 0. The number of benzene rings is 1. The van der Waals surface area contributed by atoms with Gasteiger partial charge in [-0.3, -0.25) is 4.79 Å². The van der Waals surface area contributed by atoms with Crippen LogP contribution in [0.25, 0.3) is 0 Å². The average Bonchev–Trinajstić information content (AvgIpc) is 2.94. The summed E-state index contributed by atoms with van der Waals surface area (Å²) in [6.45, 7) is 3.19. The fourth-order valence-electron chi connectivity index (χ4n) is 1.72. The maximum Gasteiger partial charge on any atom is 0.251 e. The van der Waals surface area contributed by atoms with Crippen molar-refractivity contribution in [1.29, 1.82) is 5.26 Å². The van der Waals surface area contributed by atoms with Gasteiger partial charge < -0.3 is 10.6 Å². The largest absolute Gasteiger partial charge is 0.380 e. The third-order valence-electron chi connectivity index (χ3n) is 2.72. The van der Waals surface area contributed by atoms with Gasteiger partial charge in [0.15, 0.2) is 0 Å². The highest BCUT2D eigenvalue weighted by Gasteiger charge is 2.04. The Morgan fingerprint density at radius 2 is 2.00 bits per heavy atom. The standard InChI is InChI=1S/C15H15N3OS/c1-2-17-15(19)11-3-5-12(6-4-11)18-10-14-8-7-13(9-16)20-14/h3-8,18H,2,10H2,1H3,(H,17,19). The molecule has 1 aromatic carbocycles. The van der Waals surface area contributed by atoms with E-state index in [4.69, 9.17) is 5.26 Å². The van der Waals surface area contributed by atoms with Crippen molar-refractivity contribution in [3.05, 3.63) is 51.7 Å². The quantitative estimate of drug-likeness (QED) is 0.887. The van der Waals surface area contributed by atoms with Crippen LogP contribution in [0.3, 0.4) is 0 Å². The number of hydrogen-bond acceptors (Lipinski definition) is 4. The first kappa shape index (κ1) is 14.1. The lowest BCUT2D eigenvalue weighted by Gasteiger charge is -2.06. The Morgan fingerprint density at radius 1 is 1.25 bits per heavy atom. The van der Waals surface area contributed by atoms with Crippen LogP contribution in [0.4, 0.5) is 5.69 Å². The second-order valence-corrected chi connectivity index (χ2v) is 5.34. The Morgan fingerprint density at radius 3 is 2.60 bits per heavy atom. The molecule has 1 amide bonds. The third-order valence-corrected chi connectivity index (χ3v) is 3.71. The predicted molar refractivity (Wildman–Crippen MR) is 80.8 cm³/mol. The van der Waals surface area contributed by atoms with Crippen molar-refractivity contribution in [3.63, 3.8) is 0 Å². The van der Waals surface area contributed by atoms with E-state index in [0.717, 1.165) is 10.6 Å². The zero-order chi connectivity index (χ0) is 14.4. The van der Waals surface area contributed by atoms with Crippen LogP contribution in [0.15, 0.2) is 36.4 Å². The van der Waals surface area contributed by atoms with E-state index in [1.54, 1.807) is 12.1 Å². The second kappa shape index (κ2) is 6.73. The van der Waals surface area contributed by atoms with Crippen LogP contribution in [0.1, 0.15) is 27.0 Å². The molecule has 2 N–H and O–H groups in total. The lowest BCUT2D eigenvalue weighted by molar-refractivity contribution is 0.0956. The van der Waals surface area contributed by atoms with Gasteiger partial charge in [-0.1, -0.05) is 0 Å². The fraction of sp³-hybridized carbons (Fsp3) is 0.200. The van der Waals surface area contributed by atoms with Gasteiger partial charge in [0.1, 0.15) is 10.9 Å². The summed E-state index contributed by atoms with van der Waals surface area (Å²) in [7, 11) is 0. The molecule has 1 aromatic heterocycles. The number of carbonyl (C=O) groups is 1. The number of nitrogens with one attached hydrogen (secondary N) is 2. The van der Waals surface area contributed by atoms with Crippen LogP contribution in [-0.4, -0.2) is 12.5 Å². The van der Waals surface area contributed by atoms with E-state index in [1.807, 2.05) is 31.2 Å². The summed E-state index contributed by atoms with van der Waals surface area (Å²) >= 11 is 1.48. The SMILES string of the molecule is CCNC(=O)c1ccc(NCc2ccc(C#N)s2)cc1. The number of nitriles is 1. The molecule has 5 heteroatoms. The first-order chi connectivity index (χ1) is 9.72.